The van der Waals surface area contributed by atoms with Crippen LogP contribution in [0.1, 0.15) is 62.4 Å². The number of hydrogen-bond acceptors (Lipinski definition) is 5. The van der Waals surface area contributed by atoms with E-state index in [-0.39, 0.29) is 41.8 Å². The molecule has 9 heteroatoms. The molecule has 1 saturated carbocycles. The van der Waals surface area contributed by atoms with E-state index in [9.17, 15) is 14.4 Å². The summed E-state index contributed by atoms with van der Waals surface area (Å²) in [5.41, 5.74) is 0.687. The van der Waals surface area contributed by atoms with Gasteiger partial charge in [0.05, 0.1) is 17.7 Å². The fourth-order valence-electron chi connectivity index (χ4n) is 3.54. The number of carboxylic acids is 1. The molecular formula is C24H38N2O6Si. The highest BCUT2D eigenvalue weighted by molar-refractivity contribution is 6.74. The van der Waals surface area contributed by atoms with Crippen molar-refractivity contribution in [1.29, 1.82) is 0 Å². The Bertz CT molecular complexity index is 852. The number of ether oxygens (including phenoxy) is 1. The van der Waals surface area contributed by atoms with E-state index in [1.807, 2.05) is 0 Å². The average Bonchev–Trinajstić information content (AvgIpc) is 2.72. The Balaban J connectivity index is 1.88. The molecule has 0 aliphatic heterocycles. The van der Waals surface area contributed by atoms with Crippen molar-refractivity contribution in [2.24, 2.45) is 0 Å². The molecule has 1 aliphatic carbocycles. The van der Waals surface area contributed by atoms with Gasteiger partial charge in [0.15, 0.2) is 8.32 Å². The van der Waals surface area contributed by atoms with Gasteiger partial charge in [0.2, 0.25) is 5.91 Å². The van der Waals surface area contributed by atoms with Gasteiger partial charge in [0.1, 0.15) is 13.2 Å². The van der Waals surface area contributed by atoms with Crippen molar-refractivity contribution in [3.05, 3.63) is 35.4 Å². The fourth-order valence-corrected chi connectivity index (χ4v) is 4.93. The topological polar surface area (TPSA) is 105 Å². The maximum absolute atomic E-state index is 12.7. The Morgan fingerprint density at radius 2 is 1.85 bits per heavy atom. The highest BCUT2D eigenvalue weighted by Gasteiger charge is 2.41. The molecular weight excluding hydrogens is 440 g/mol. The summed E-state index contributed by atoms with van der Waals surface area (Å²) in [4.78, 5) is 37.2. The standard InChI is InChI=1S/C24H38N2O6Si/c1-24(2,3)33(5,6)32-20-13-8-7-12-19(20)25-21(27)15-26(4)23(30)31-16-17-10-9-11-18(14-17)22(28)29/h9-11,14,19-20H,7-8,12-13,15-16H2,1-6H3,(H,25,27)(H,28,29)/t19-,20-/m1/s1. The number of hydrogen-bond donors (Lipinski definition) is 2. The summed E-state index contributed by atoms with van der Waals surface area (Å²) >= 11 is 0. The number of nitrogens with one attached hydrogen (secondary N) is 1. The molecule has 0 aromatic heterocycles. The van der Waals surface area contributed by atoms with E-state index >= 15 is 0 Å². The summed E-state index contributed by atoms with van der Waals surface area (Å²) in [5.74, 6) is -1.30. The third-order valence-electron chi connectivity index (χ3n) is 6.53. The molecule has 1 aromatic rings. The Kier molecular flexibility index (Phi) is 9.08. The van der Waals surface area contributed by atoms with Crippen LogP contribution in [0.2, 0.25) is 18.1 Å². The zero-order chi connectivity index (χ0) is 24.8. The van der Waals surface area contributed by atoms with Crippen molar-refractivity contribution >= 4 is 26.3 Å². The molecule has 2 amide bonds. The van der Waals surface area contributed by atoms with Crippen LogP contribution < -0.4 is 5.32 Å². The molecule has 0 bridgehead atoms. The second-order valence-corrected chi connectivity index (χ2v) is 15.0. The van der Waals surface area contributed by atoms with E-state index in [1.54, 1.807) is 12.1 Å². The van der Waals surface area contributed by atoms with E-state index in [4.69, 9.17) is 14.3 Å². The van der Waals surface area contributed by atoms with Gasteiger partial charge in [-0.15, -0.1) is 0 Å². The predicted molar refractivity (Wildman–Crippen MR) is 129 cm³/mol. The smallest absolute Gasteiger partial charge is 0.410 e. The van der Waals surface area contributed by atoms with Crippen LogP contribution in [0, 0.1) is 0 Å². The molecule has 8 nitrogen and oxygen atoms in total. The van der Waals surface area contributed by atoms with Crippen LogP contribution in [0.5, 0.6) is 0 Å². The van der Waals surface area contributed by atoms with Gasteiger partial charge >= 0.3 is 12.1 Å². The average molecular weight is 479 g/mol. The molecule has 1 fully saturated rings. The van der Waals surface area contributed by atoms with Crippen LogP contribution in [-0.2, 0) is 20.6 Å². The first-order chi connectivity index (χ1) is 15.3. The van der Waals surface area contributed by atoms with Crippen LogP contribution in [0.25, 0.3) is 0 Å². The van der Waals surface area contributed by atoms with Gasteiger partial charge < -0.3 is 24.5 Å². The van der Waals surface area contributed by atoms with Crippen molar-refractivity contribution in [3.8, 4) is 0 Å². The largest absolute Gasteiger partial charge is 0.478 e. The van der Waals surface area contributed by atoms with Gasteiger partial charge in [0, 0.05) is 7.05 Å². The second kappa shape index (κ2) is 11.2. The normalized spacial score (nSPS) is 19.0. The zero-order valence-corrected chi connectivity index (χ0v) is 21.6. The molecule has 1 aromatic carbocycles. The minimum atomic E-state index is -1.96. The first kappa shape index (κ1) is 26.9. The van der Waals surface area contributed by atoms with E-state index in [1.165, 1.54) is 24.1 Å². The number of carboxylic acid groups (broad SMARTS) is 1. The van der Waals surface area contributed by atoms with E-state index in [0.29, 0.717) is 5.56 Å². The number of amides is 2. The minimum absolute atomic E-state index is 0.0117. The third-order valence-corrected chi connectivity index (χ3v) is 11.0. The van der Waals surface area contributed by atoms with Gasteiger partial charge in [-0.25, -0.2) is 9.59 Å². The number of benzene rings is 1. The van der Waals surface area contributed by atoms with Crippen LogP contribution in [0.3, 0.4) is 0 Å². The zero-order valence-electron chi connectivity index (χ0n) is 20.6. The Labute approximate surface area is 197 Å². The monoisotopic (exact) mass is 478 g/mol. The lowest BCUT2D eigenvalue weighted by molar-refractivity contribution is -0.123. The van der Waals surface area contributed by atoms with Gasteiger partial charge in [0.25, 0.3) is 0 Å². The maximum atomic E-state index is 12.7. The van der Waals surface area contributed by atoms with Gasteiger partial charge in [-0.3, -0.25) is 4.79 Å². The van der Waals surface area contributed by atoms with Crippen molar-refractivity contribution in [2.75, 3.05) is 13.6 Å². The fraction of sp³-hybridized carbons (Fsp3) is 0.625. The molecule has 184 valence electrons. The number of carbonyl (C=O) groups excluding carboxylic acids is 2. The van der Waals surface area contributed by atoms with Gasteiger partial charge in [-0.05, 0) is 48.7 Å². The van der Waals surface area contributed by atoms with E-state index < -0.39 is 20.4 Å². The van der Waals surface area contributed by atoms with Crippen molar-refractivity contribution < 1.29 is 28.7 Å². The SMILES string of the molecule is CN(CC(=O)N[C@@H]1CCCC[C@H]1O[Si](C)(C)C(C)(C)C)C(=O)OCc1cccc(C(=O)O)c1. The number of carbonyl (C=O) groups is 3. The van der Waals surface area contributed by atoms with E-state index in [2.05, 4.69) is 39.2 Å². The number of rotatable bonds is 8. The number of nitrogens with zero attached hydrogens (tertiary/aromatic N) is 1. The molecule has 2 atom stereocenters. The molecule has 33 heavy (non-hydrogen) atoms. The molecule has 0 unspecified atom stereocenters. The Morgan fingerprint density at radius 1 is 1.18 bits per heavy atom. The summed E-state index contributed by atoms with van der Waals surface area (Å²) in [6.07, 6.45) is 3.24. The molecule has 0 saturated heterocycles. The lowest BCUT2D eigenvalue weighted by atomic mass is 9.92. The van der Waals surface area contributed by atoms with Gasteiger partial charge in [-0.1, -0.05) is 45.7 Å². The molecule has 2 rings (SSSR count). The van der Waals surface area contributed by atoms with Crippen molar-refractivity contribution in [3.63, 3.8) is 0 Å². The summed E-state index contributed by atoms with van der Waals surface area (Å²) in [6, 6.07) is 6.13. The molecule has 0 radical (unpaired) electrons. The van der Waals surface area contributed by atoms with Crippen LogP contribution >= 0.6 is 0 Å². The highest BCUT2D eigenvalue weighted by Crippen LogP contribution is 2.39. The Hall–Kier alpha value is -2.39. The molecule has 1 aliphatic rings. The molecule has 0 spiro atoms. The summed E-state index contributed by atoms with van der Waals surface area (Å²) in [5, 5.41) is 12.2. The lowest BCUT2D eigenvalue weighted by Gasteiger charge is -2.43. The van der Waals surface area contributed by atoms with Crippen LogP contribution in [0.4, 0.5) is 4.79 Å². The first-order valence-corrected chi connectivity index (χ1v) is 14.4. The predicted octanol–water partition coefficient (Wildman–Crippen LogP) is 4.40. The van der Waals surface area contributed by atoms with Gasteiger partial charge in [-0.2, -0.15) is 0 Å². The second-order valence-electron chi connectivity index (χ2n) is 10.3. The summed E-state index contributed by atoms with van der Waals surface area (Å²) in [6.45, 7) is 10.8. The number of likely N-dealkylation sites (N-methyl/N-ethyl adjacent to an activating group) is 1. The van der Waals surface area contributed by atoms with Crippen molar-refractivity contribution in [2.45, 2.75) is 83.3 Å². The third kappa shape index (κ3) is 7.85. The Morgan fingerprint density at radius 3 is 2.48 bits per heavy atom. The molecule has 2 N–H and O–H groups in total. The highest BCUT2D eigenvalue weighted by atomic mass is 28.4. The van der Waals surface area contributed by atoms with Crippen LogP contribution in [-0.4, -0.2) is 62.0 Å². The summed E-state index contributed by atoms with van der Waals surface area (Å²) < 4.78 is 11.8. The lowest BCUT2D eigenvalue weighted by Crippen LogP contribution is -2.54. The number of aromatic carboxylic acids is 1. The van der Waals surface area contributed by atoms with Crippen LogP contribution in [0.15, 0.2) is 24.3 Å². The maximum Gasteiger partial charge on any atom is 0.410 e. The first-order valence-electron chi connectivity index (χ1n) is 11.5. The van der Waals surface area contributed by atoms with Crippen molar-refractivity contribution in [1.82, 2.24) is 10.2 Å². The minimum Gasteiger partial charge on any atom is -0.478 e. The van der Waals surface area contributed by atoms with E-state index in [0.717, 1.165) is 25.7 Å². The summed E-state index contributed by atoms with van der Waals surface area (Å²) in [7, 11) is -0.462. The molecule has 0 heterocycles. The quantitative estimate of drug-likeness (QED) is 0.537.